The summed E-state index contributed by atoms with van der Waals surface area (Å²) in [7, 11) is 0. The normalized spacial score (nSPS) is 10.6. The first-order valence-corrected chi connectivity index (χ1v) is 3.78. The number of nitrogen functional groups attached to an aromatic ring is 1. The number of aromatic nitrogens is 1. The van der Waals surface area contributed by atoms with Crippen LogP contribution in [0.4, 0.5) is 19.0 Å². The second kappa shape index (κ2) is 4.06. The number of rotatable bonds is 2. The molecule has 84 valence electrons. The maximum absolute atomic E-state index is 12.0. The molecule has 0 amide bonds. The molecule has 0 unspecified atom stereocenters. The molecule has 0 aliphatic carbocycles. The Labute approximate surface area is 87.3 Å². The Morgan fingerprint density at radius 2 is 2.19 bits per heavy atom. The van der Waals surface area contributed by atoms with Crippen LogP contribution in [0.15, 0.2) is 6.20 Å². The molecule has 1 heterocycles. The predicted molar refractivity (Wildman–Crippen MR) is 45.4 cm³/mol. The molecule has 0 aliphatic heterocycles. The van der Waals surface area contributed by atoms with E-state index < -0.39 is 29.1 Å². The van der Waals surface area contributed by atoms with Gasteiger partial charge < -0.3 is 10.5 Å². The van der Waals surface area contributed by atoms with Crippen LogP contribution in [0.25, 0.3) is 0 Å². The van der Waals surface area contributed by atoms with Gasteiger partial charge >= 0.3 is 6.36 Å². The third-order valence-electron chi connectivity index (χ3n) is 1.55. The van der Waals surface area contributed by atoms with Gasteiger partial charge in [0.05, 0.1) is 6.20 Å². The zero-order valence-corrected chi connectivity index (χ0v) is 7.58. The van der Waals surface area contributed by atoms with Gasteiger partial charge in [0.25, 0.3) is 0 Å². The maximum atomic E-state index is 12.0. The van der Waals surface area contributed by atoms with Gasteiger partial charge in [0.2, 0.25) is 0 Å². The second-order valence-corrected chi connectivity index (χ2v) is 2.58. The van der Waals surface area contributed by atoms with Gasteiger partial charge in [-0.2, -0.15) is 5.26 Å². The number of anilines is 1. The van der Waals surface area contributed by atoms with E-state index in [9.17, 15) is 18.0 Å². The summed E-state index contributed by atoms with van der Waals surface area (Å²) >= 11 is 0. The van der Waals surface area contributed by atoms with Gasteiger partial charge in [0.15, 0.2) is 12.0 Å². The Kier molecular flexibility index (Phi) is 2.99. The lowest BCUT2D eigenvalue weighted by atomic mass is 10.2. The van der Waals surface area contributed by atoms with Crippen LogP contribution in [0.3, 0.4) is 0 Å². The fourth-order valence-corrected chi connectivity index (χ4v) is 0.943. The number of alkyl halides is 3. The zero-order chi connectivity index (χ0) is 12.3. The second-order valence-electron chi connectivity index (χ2n) is 2.58. The summed E-state index contributed by atoms with van der Waals surface area (Å²) < 4.78 is 39.5. The monoisotopic (exact) mass is 231 g/mol. The highest BCUT2D eigenvalue weighted by molar-refractivity contribution is 5.87. The minimum atomic E-state index is -5.02. The highest BCUT2D eigenvalue weighted by atomic mass is 19.4. The zero-order valence-electron chi connectivity index (χ0n) is 7.58. The van der Waals surface area contributed by atoms with Crippen molar-refractivity contribution in [3.8, 4) is 11.8 Å². The number of nitrogens with zero attached hydrogens (tertiary/aromatic N) is 2. The first kappa shape index (κ1) is 11.8. The number of carbonyl (C=O) groups excluding carboxylic acids is 1. The predicted octanol–water partition coefficient (Wildman–Crippen LogP) is 1.25. The number of carbonyl (C=O) groups is 1. The Hall–Kier alpha value is -2.30. The summed E-state index contributed by atoms with van der Waals surface area (Å²) in [6, 6.07) is 1.42. The summed E-state index contributed by atoms with van der Waals surface area (Å²) in [5, 5.41) is 8.53. The lowest BCUT2D eigenvalue weighted by Crippen LogP contribution is -2.19. The summed E-state index contributed by atoms with van der Waals surface area (Å²) in [6.45, 7) is 0. The molecular formula is C8H4F3N3O2. The Morgan fingerprint density at radius 1 is 1.56 bits per heavy atom. The first-order chi connectivity index (χ1) is 7.39. The third kappa shape index (κ3) is 2.38. The van der Waals surface area contributed by atoms with Gasteiger partial charge in [-0.3, -0.25) is 4.79 Å². The van der Waals surface area contributed by atoms with Crippen LogP contribution in [0, 0.1) is 11.3 Å². The molecule has 1 aromatic heterocycles. The van der Waals surface area contributed by atoms with E-state index in [4.69, 9.17) is 11.0 Å². The van der Waals surface area contributed by atoms with E-state index in [0.29, 0.717) is 0 Å². The van der Waals surface area contributed by atoms with E-state index >= 15 is 0 Å². The molecule has 0 saturated carbocycles. The minimum absolute atomic E-state index is 0.0459. The number of ether oxygens (including phenoxy) is 1. The van der Waals surface area contributed by atoms with Gasteiger partial charge in [-0.15, -0.1) is 13.2 Å². The largest absolute Gasteiger partial charge is 0.573 e. The standard InChI is InChI=1S/C8H4F3N3O2/c9-8(10,11)16-6-4(1-12)2-14-7(13)5(6)3-15/h2-3H,(H2,13,14). The van der Waals surface area contributed by atoms with E-state index in [1.165, 1.54) is 6.07 Å². The van der Waals surface area contributed by atoms with Crippen LogP contribution in [0.2, 0.25) is 0 Å². The van der Waals surface area contributed by atoms with Gasteiger partial charge in [-0.05, 0) is 0 Å². The Bertz CT molecular complexity index is 465. The molecule has 5 nitrogen and oxygen atoms in total. The molecule has 2 N–H and O–H groups in total. The SMILES string of the molecule is N#Cc1cnc(N)c(C=O)c1OC(F)(F)F. The van der Waals surface area contributed by atoms with E-state index in [2.05, 4.69) is 9.72 Å². The van der Waals surface area contributed by atoms with Crippen LogP contribution in [0.1, 0.15) is 15.9 Å². The van der Waals surface area contributed by atoms with Crippen LogP contribution >= 0.6 is 0 Å². The highest BCUT2D eigenvalue weighted by Gasteiger charge is 2.34. The lowest BCUT2D eigenvalue weighted by Gasteiger charge is -2.12. The van der Waals surface area contributed by atoms with Gasteiger partial charge in [-0.25, -0.2) is 4.98 Å². The Morgan fingerprint density at radius 3 is 2.62 bits per heavy atom. The highest BCUT2D eigenvalue weighted by Crippen LogP contribution is 2.30. The summed E-state index contributed by atoms with van der Waals surface area (Å²) in [5.74, 6) is -1.37. The van der Waals surface area contributed by atoms with Crippen molar-refractivity contribution in [2.75, 3.05) is 5.73 Å². The molecule has 0 fully saturated rings. The topological polar surface area (TPSA) is 89.0 Å². The van der Waals surface area contributed by atoms with E-state index in [1.54, 1.807) is 0 Å². The molecule has 16 heavy (non-hydrogen) atoms. The van der Waals surface area contributed by atoms with Gasteiger partial charge in [0, 0.05) is 0 Å². The molecule has 1 aromatic rings. The summed E-state index contributed by atoms with van der Waals surface area (Å²) in [5.41, 5.74) is 4.05. The molecule has 0 bridgehead atoms. The van der Waals surface area contributed by atoms with Crippen LogP contribution < -0.4 is 10.5 Å². The molecule has 0 aromatic carbocycles. The van der Waals surface area contributed by atoms with Gasteiger partial charge in [0.1, 0.15) is 23.0 Å². The number of nitriles is 1. The molecule has 0 aliphatic rings. The van der Waals surface area contributed by atoms with Crippen LogP contribution in [-0.2, 0) is 0 Å². The number of hydrogen-bond donors (Lipinski definition) is 1. The molecule has 0 atom stereocenters. The minimum Gasteiger partial charge on any atom is -0.403 e. The number of nitrogens with two attached hydrogens (primary N) is 1. The third-order valence-corrected chi connectivity index (χ3v) is 1.55. The fraction of sp³-hybridized carbons (Fsp3) is 0.125. The quantitative estimate of drug-likeness (QED) is 0.773. The smallest absolute Gasteiger partial charge is 0.403 e. The Balaban J connectivity index is 3.38. The van der Waals surface area contributed by atoms with Crippen molar-refractivity contribution in [2.45, 2.75) is 6.36 Å². The van der Waals surface area contributed by atoms with Crippen molar-refractivity contribution in [2.24, 2.45) is 0 Å². The number of hydrogen-bond acceptors (Lipinski definition) is 5. The number of aldehydes is 1. The average Bonchev–Trinajstić information content (AvgIpc) is 2.16. The van der Waals surface area contributed by atoms with E-state index in [-0.39, 0.29) is 6.29 Å². The van der Waals surface area contributed by atoms with Crippen molar-refractivity contribution in [3.05, 3.63) is 17.3 Å². The first-order valence-electron chi connectivity index (χ1n) is 3.78. The molecule has 0 radical (unpaired) electrons. The molecule has 0 saturated heterocycles. The molecule has 1 rings (SSSR count). The van der Waals surface area contributed by atoms with Crippen LogP contribution in [-0.4, -0.2) is 17.6 Å². The number of pyridine rings is 1. The lowest BCUT2D eigenvalue weighted by molar-refractivity contribution is -0.274. The molecule has 8 heteroatoms. The number of halogens is 3. The molecular weight excluding hydrogens is 227 g/mol. The van der Waals surface area contributed by atoms with Crippen molar-refractivity contribution in [1.82, 2.24) is 4.98 Å². The molecule has 0 spiro atoms. The average molecular weight is 231 g/mol. The maximum Gasteiger partial charge on any atom is 0.573 e. The van der Waals surface area contributed by atoms with Crippen molar-refractivity contribution < 1.29 is 22.7 Å². The van der Waals surface area contributed by atoms with Crippen molar-refractivity contribution in [1.29, 1.82) is 5.26 Å². The van der Waals surface area contributed by atoms with Gasteiger partial charge in [-0.1, -0.05) is 0 Å². The van der Waals surface area contributed by atoms with Crippen LogP contribution in [0.5, 0.6) is 5.75 Å². The summed E-state index contributed by atoms with van der Waals surface area (Å²) in [4.78, 5) is 13.9. The fourth-order valence-electron chi connectivity index (χ4n) is 0.943. The van der Waals surface area contributed by atoms with Crippen molar-refractivity contribution >= 4 is 12.1 Å². The summed E-state index contributed by atoms with van der Waals surface area (Å²) in [6.07, 6.45) is -4.18. The van der Waals surface area contributed by atoms with E-state index in [0.717, 1.165) is 6.20 Å². The van der Waals surface area contributed by atoms with Crippen molar-refractivity contribution in [3.63, 3.8) is 0 Å². The van der Waals surface area contributed by atoms with E-state index in [1.807, 2.05) is 0 Å².